The predicted octanol–water partition coefficient (Wildman–Crippen LogP) is 0.544. The maximum atomic E-state index is 11.3. The van der Waals surface area contributed by atoms with Crippen molar-refractivity contribution in [3.05, 3.63) is 15.8 Å². The number of nitrogens with zero attached hydrogens (tertiary/aromatic N) is 4. The zero-order valence-electron chi connectivity index (χ0n) is 12.1. The highest BCUT2D eigenvalue weighted by atomic mass is 16.6. The van der Waals surface area contributed by atoms with Gasteiger partial charge in [0.05, 0.1) is 17.6 Å². The van der Waals surface area contributed by atoms with Crippen LogP contribution in [0.15, 0.2) is 0 Å². The Bertz CT molecular complexity index is 486. The summed E-state index contributed by atoms with van der Waals surface area (Å²) in [5.74, 6) is 0.597. The summed E-state index contributed by atoms with van der Waals surface area (Å²) >= 11 is 0. The predicted molar refractivity (Wildman–Crippen MR) is 75.2 cm³/mol. The lowest BCUT2D eigenvalue weighted by molar-refractivity contribution is -0.384. The Morgan fingerprint density at radius 2 is 2.35 bits per heavy atom. The molecular formula is C12H21N5O3. The van der Waals surface area contributed by atoms with Crippen molar-refractivity contribution >= 4 is 11.5 Å². The van der Waals surface area contributed by atoms with Crippen LogP contribution in [0, 0.1) is 17.0 Å². The first-order valence-corrected chi connectivity index (χ1v) is 6.81. The zero-order valence-corrected chi connectivity index (χ0v) is 12.1. The summed E-state index contributed by atoms with van der Waals surface area (Å²) in [5.41, 5.74) is 0.570. The Kier molecular flexibility index (Phi) is 4.56. The second kappa shape index (κ2) is 6.19. The van der Waals surface area contributed by atoms with Crippen LogP contribution < -0.4 is 10.2 Å². The first-order chi connectivity index (χ1) is 9.58. The van der Waals surface area contributed by atoms with Crippen molar-refractivity contribution in [1.29, 1.82) is 0 Å². The van der Waals surface area contributed by atoms with Crippen LogP contribution in [0.1, 0.15) is 12.6 Å². The van der Waals surface area contributed by atoms with Gasteiger partial charge in [-0.25, -0.2) is 4.68 Å². The van der Waals surface area contributed by atoms with Gasteiger partial charge in [-0.2, -0.15) is 5.10 Å². The minimum Gasteiger partial charge on any atom is -0.373 e. The Morgan fingerprint density at radius 3 is 2.95 bits per heavy atom. The average molecular weight is 283 g/mol. The van der Waals surface area contributed by atoms with E-state index in [9.17, 15) is 10.1 Å². The largest absolute Gasteiger partial charge is 0.373 e. The number of hydrogen-bond acceptors (Lipinski definition) is 6. The number of nitrogens with one attached hydrogen (secondary N) is 1. The highest BCUT2D eigenvalue weighted by Crippen LogP contribution is 2.32. The van der Waals surface area contributed by atoms with Gasteiger partial charge in [-0.1, -0.05) is 0 Å². The van der Waals surface area contributed by atoms with E-state index < -0.39 is 0 Å². The molecule has 0 aromatic carbocycles. The summed E-state index contributed by atoms with van der Waals surface area (Å²) in [5, 5.41) is 18.6. The van der Waals surface area contributed by atoms with Crippen molar-refractivity contribution in [2.24, 2.45) is 0 Å². The molecular weight excluding hydrogens is 262 g/mol. The zero-order chi connectivity index (χ0) is 14.7. The van der Waals surface area contributed by atoms with Gasteiger partial charge < -0.3 is 15.0 Å². The van der Waals surface area contributed by atoms with Gasteiger partial charge in [0.25, 0.3) is 0 Å². The molecule has 1 atom stereocenters. The Labute approximate surface area is 117 Å². The summed E-state index contributed by atoms with van der Waals surface area (Å²) in [6, 6.07) is 0. The second-order valence-corrected chi connectivity index (χ2v) is 4.83. The van der Waals surface area contributed by atoms with E-state index in [-0.39, 0.29) is 16.7 Å². The van der Waals surface area contributed by atoms with Crippen molar-refractivity contribution in [1.82, 2.24) is 15.1 Å². The van der Waals surface area contributed by atoms with Crippen molar-refractivity contribution in [3.63, 3.8) is 0 Å². The van der Waals surface area contributed by atoms with E-state index in [0.29, 0.717) is 37.8 Å². The van der Waals surface area contributed by atoms with Gasteiger partial charge in [0.2, 0.25) is 5.82 Å². The van der Waals surface area contributed by atoms with Crippen molar-refractivity contribution < 1.29 is 9.66 Å². The number of hydrogen-bond donors (Lipinski definition) is 1. The lowest BCUT2D eigenvalue weighted by Gasteiger charge is -2.33. The van der Waals surface area contributed by atoms with Crippen LogP contribution in [0.3, 0.4) is 0 Å². The van der Waals surface area contributed by atoms with Crippen molar-refractivity contribution in [2.75, 3.05) is 38.2 Å². The van der Waals surface area contributed by atoms with Crippen LogP contribution >= 0.6 is 0 Å². The number of anilines is 1. The molecule has 1 aliphatic rings. The Hall–Kier alpha value is -1.67. The fourth-order valence-electron chi connectivity index (χ4n) is 2.57. The van der Waals surface area contributed by atoms with Crippen molar-refractivity contribution in [2.45, 2.75) is 26.5 Å². The molecule has 0 saturated carbocycles. The number of aryl methyl sites for hydroxylation is 2. The van der Waals surface area contributed by atoms with E-state index in [2.05, 4.69) is 10.4 Å². The Morgan fingerprint density at radius 1 is 1.60 bits per heavy atom. The molecule has 1 unspecified atom stereocenters. The van der Waals surface area contributed by atoms with Crippen LogP contribution in [-0.2, 0) is 11.3 Å². The molecule has 1 fully saturated rings. The standard InChI is InChI=1S/C12H21N5O3/c1-4-16-12(11(17(18)19)9(2)14-16)15-5-6-20-10(8-15)7-13-3/h10,13H,4-8H2,1-3H3. The van der Waals surface area contributed by atoms with Gasteiger partial charge >= 0.3 is 5.69 Å². The van der Waals surface area contributed by atoms with Crippen LogP contribution in [0.4, 0.5) is 11.5 Å². The molecule has 1 saturated heterocycles. The molecule has 8 heteroatoms. The third-order valence-electron chi connectivity index (χ3n) is 3.42. The third kappa shape index (κ3) is 2.75. The van der Waals surface area contributed by atoms with Gasteiger partial charge in [0, 0.05) is 26.2 Å². The van der Waals surface area contributed by atoms with E-state index in [4.69, 9.17) is 4.74 Å². The summed E-state index contributed by atoms with van der Waals surface area (Å²) < 4.78 is 7.35. The molecule has 2 heterocycles. The molecule has 0 spiro atoms. The molecule has 0 radical (unpaired) electrons. The van der Waals surface area contributed by atoms with E-state index in [1.807, 2.05) is 18.9 Å². The van der Waals surface area contributed by atoms with E-state index in [1.165, 1.54) is 0 Å². The summed E-state index contributed by atoms with van der Waals surface area (Å²) in [4.78, 5) is 13.0. The first-order valence-electron chi connectivity index (χ1n) is 6.81. The van der Waals surface area contributed by atoms with E-state index in [1.54, 1.807) is 11.6 Å². The van der Waals surface area contributed by atoms with Gasteiger partial charge in [0.15, 0.2) is 0 Å². The molecule has 1 aromatic rings. The molecule has 0 bridgehead atoms. The summed E-state index contributed by atoms with van der Waals surface area (Å²) in [7, 11) is 1.87. The topological polar surface area (TPSA) is 85.5 Å². The number of likely N-dealkylation sites (N-methyl/N-ethyl adjacent to an activating group) is 1. The SMILES string of the molecule is CCn1nc(C)c([N+](=O)[O-])c1N1CCOC(CNC)C1. The number of rotatable bonds is 5. The second-order valence-electron chi connectivity index (χ2n) is 4.83. The quantitative estimate of drug-likeness (QED) is 0.627. The minimum atomic E-state index is -0.341. The highest BCUT2D eigenvalue weighted by molar-refractivity contribution is 5.61. The van der Waals surface area contributed by atoms with Crippen LogP contribution in [0.25, 0.3) is 0 Å². The summed E-state index contributed by atoms with van der Waals surface area (Å²) in [6.45, 7) is 6.79. The van der Waals surface area contributed by atoms with E-state index in [0.717, 1.165) is 6.54 Å². The number of nitro groups is 1. The van der Waals surface area contributed by atoms with Crippen LogP contribution in [0.5, 0.6) is 0 Å². The number of aromatic nitrogens is 2. The number of morpholine rings is 1. The van der Waals surface area contributed by atoms with Crippen LogP contribution in [0.2, 0.25) is 0 Å². The molecule has 112 valence electrons. The molecule has 1 aromatic heterocycles. The van der Waals surface area contributed by atoms with E-state index >= 15 is 0 Å². The van der Waals surface area contributed by atoms with Gasteiger partial charge in [-0.05, 0) is 20.9 Å². The molecule has 20 heavy (non-hydrogen) atoms. The Balaban J connectivity index is 2.33. The van der Waals surface area contributed by atoms with Gasteiger partial charge in [-0.3, -0.25) is 10.1 Å². The minimum absolute atomic E-state index is 0.0360. The summed E-state index contributed by atoms with van der Waals surface area (Å²) in [6.07, 6.45) is 0.0360. The molecule has 1 N–H and O–H groups in total. The highest BCUT2D eigenvalue weighted by Gasteiger charge is 2.32. The first kappa shape index (κ1) is 14.7. The maximum absolute atomic E-state index is 11.3. The maximum Gasteiger partial charge on any atom is 0.333 e. The third-order valence-corrected chi connectivity index (χ3v) is 3.42. The fraction of sp³-hybridized carbons (Fsp3) is 0.750. The smallest absolute Gasteiger partial charge is 0.333 e. The van der Waals surface area contributed by atoms with Gasteiger partial charge in [0.1, 0.15) is 5.69 Å². The monoisotopic (exact) mass is 283 g/mol. The molecule has 0 amide bonds. The molecule has 1 aliphatic heterocycles. The lowest BCUT2D eigenvalue weighted by Crippen LogP contribution is -2.47. The van der Waals surface area contributed by atoms with Crippen LogP contribution in [-0.4, -0.2) is 54.1 Å². The van der Waals surface area contributed by atoms with Crippen molar-refractivity contribution in [3.8, 4) is 0 Å². The fourth-order valence-corrected chi connectivity index (χ4v) is 2.57. The number of ether oxygens (including phenoxy) is 1. The lowest BCUT2D eigenvalue weighted by atomic mass is 10.2. The molecule has 8 nitrogen and oxygen atoms in total. The normalized spacial score (nSPS) is 19.4. The molecule has 2 rings (SSSR count). The van der Waals surface area contributed by atoms with Gasteiger partial charge in [-0.15, -0.1) is 0 Å². The average Bonchev–Trinajstić information content (AvgIpc) is 2.76. The molecule has 0 aliphatic carbocycles.